The monoisotopic (exact) mass is 183 g/mol. The van der Waals surface area contributed by atoms with Crippen molar-refractivity contribution in [1.29, 1.82) is 0 Å². The van der Waals surface area contributed by atoms with Crippen LogP contribution in [0, 0.1) is 10.1 Å². The normalized spacial score (nSPS) is 9.69. The summed E-state index contributed by atoms with van der Waals surface area (Å²) in [5.74, 6) is -0.587. The highest BCUT2D eigenvalue weighted by atomic mass is 16.6. The Morgan fingerprint density at radius 2 is 2.00 bits per heavy atom. The lowest BCUT2D eigenvalue weighted by atomic mass is 9.80. The van der Waals surface area contributed by atoms with E-state index in [1.54, 1.807) is 0 Å². The number of nitro benzene ring substituents is 1. The van der Waals surface area contributed by atoms with Crippen molar-refractivity contribution in [3.05, 3.63) is 28.3 Å². The predicted molar refractivity (Wildman–Crippen MR) is 44.6 cm³/mol. The van der Waals surface area contributed by atoms with Crippen LogP contribution in [0.5, 0.6) is 5.75 Å². The van der Waals surface area contributed by atoms with E-state index in [0.717, 1.165) is 18.2 Å². The fraction of sp³-hybridized carbons (Fsp3) is 0. The summed E-state index contributed by atoms with van der Waals surface area (Å²) in [4.78, 5) is 9.46. The molecule has 7 heteroatoms. The number of phenols is 1. The summed E-state index contributed by atoms with van der Waals surface area (Å²) < 4.78 is 0. The molecule has 0 aliphatic carbocycles. The Morgan fingerprint density at radius 3 is 2.38 bits per heavy atom. The van der Waals surface area contributed by atoms with Gasteiger partial charge in [-0.2, -0.15) is 0 Å². The van der Waals surface area contributed by atoms with Gasteiger partial charge in [-0.25, -0.2) is 0 Å². The molecule has 68 valence electrons. The van der Waals surface area contributed by atoms with Gasteiger partial charge in [0.25, 0.3) is 0 Å². The average molecular weight is 183 g/mol. The van der Waals surface area contributed by atoms with Gasteiger partial charge in [-0.15, -0.1) is 0 Å². The van der Waals surface area contributed by atoms with E-state index in [2.05, 4.69) is 0 Å². The van der Waals surface area contributed by atoms with E-state index in [-0.39, 0.29) is 5.46 Å². The van der Waals surface area contributed by atoms with Crippen LogP contribution in [0.4, 0.5) is 5.69 Å². The fourth-order valence-corrected chi connectivity index (χ4v) is 0.855. The molecule has 0 spiro atoms. The first kappa shape index (κ1) is 9.49. The Balaban J connectivity index is 3.13. The van der Waals surface area contributed by atoms with Crippen molar-refractivity contribution in [3.63, 3.8) is 0 Å². The molecular weight excluding hydrogens is 177 g/mol. The zero-order chi connectivity index (χ0) is 10.0. The topological polar surface area (TPSA) is 104 Å². The summed E-state index contributed by atoms with van der Waals surface area (Å²) in [6, 6.07) is 3.09. The second-order valence-electron chi connectivity index (χ2n) is 2.38. The zero-order valence-corrected chi connectivity index (χ0v) is 6.41. The first-order chi connectivity index (χ1) is 6.02. The molecule has 6 nitrogen and oxygen atoms in total. The largest absolute Gasteiger partial charge is 0.502 e. The maximum absolute atomic E-state index is 10.2. The van der Waals surface area contributed by atoms with Gasteiger partial charge < -0.3 is 15.2 Å². The summed E-state index contributed by atoms with van der Waals surface area (Å²) in [6.45, 7) is 0. The van der Waals surface area contributed by atoms with E-state index in [1.165, 1.54) is 0 Å². The molecule has 0 aromatic heterocycles. The number of aromatic hydroxyl groups is 1. The zero-order valence-electron chi connectivity index (χ0n) is 6.41. The molecule has 1 rings (SSSR count). The van der Waals surface area contributed by atoms with Crippen LogP contribution < -0.4 is 5.46 Å². The summed E-state index contributed by atoms with van der Waals surface area (Å²) in [7, 11) is -1.74. The van der Waals surface area contributed by atoms with Crippen LogP contribution in [0.25, 0.3) is 0 Å². The van der Waals surface area contributed by atoms with Gasteiger partial charge in [0.2, 0.25) is 0 Å². The Labute approximate surface area is 73.4 Å². The minimum absolute atomic E-state index is 0.00287. The molecule has 1 aromatic carbocycles. The Hall–Kier alpha value is -1.60. The molecule has 0 radical (unpaired) electrons. The molecular formula is C6H6BNO5. The smallest absolute Gasteiger partial charge is 0.488 e. The van der Waals surface area contributed by atoms with Crippen LogP contribution in [-0.4, -0.2) is 27.2 Å². The second-order valence-corrected chi connectivity index (χ2v) is 2.38. The molecule has 0 saturated heterocycles. The van der Waals surface area contributed by atoms with Gasteiger partial charge in [-0.1, -0.05) is 6.07 Å². The molecule has 0 heterocycles. The quantitative estimate of drug-likeness (QED) is 0.309. The number of hydrogen-bond acceptors (Lipinski definition) is 5. The highest BCUT2D eigenvalue weighted by molar-refractivity contribution is 6.58. The van der Waals surface area contributed by atoms with Crippen molar-refractivity contribution >= 4 is 18.3 Å². The summed E-state index contributed by atoms with van der Waals surface area (Å²) >= 11 is 0. The Morgan fingerprint density at radius 1 is 1.38 bits per heavy atom. The van der Waals surface area contributed by atoms with Crippen molar-refractivity contribution < 1.29 is 20.1 Å². The number of rotatable bonds is 2. The second kappa shape index (κ2) is 3.42. The van der Waals surface area contributed by atoms with Crippen LogP contribution in [0.2, 0.25) is 0 Å². The highest BCUT2D eigenvalue weighted by Gasteiger charge is 2.17. The molecule has 0 bridgehead atoms. The third-order valence-electron chi connectivity index (χ3n) is 1.49. The third kappa shape index (κ3) is 1.95. The number of nitro groups is 1. The van der Waals surface area contributed by atoms with Gasteiger partial charge in [0.05, 0.1) is 4.92 Å². The van der Waals surface area contributed by atoms with Gasteiger partial charge in [-0.05, 0) is 11.5 Å². The maximum Gasteiger partial charge on any atom is 0.488 e. The molecule has 13 heavy (non-hydrogen) atoms. The van der Waals surface area contributed by atoms with E-state index in [1.807, 2.05) is 0 Å². The average Bonchev–Trinajstić information content (AvgIpc) is 2.03. The van der Waals surface area contributed by atoms with E-state index >= 15 is 0 Å². The summed E-state index contributed by atoms with van der Waals surface area (Å²) in [5, 5.41) is 36.6. The number of phenolic OH excluding ortho intramolecular Hbond substituents is 1. The van der Waals surface area contributed by atoms with Crippen LogP contribution >= 0.6 is 0 Å². The minimum Gasteiger partial charge on any atom is -0.502 e. The maximum atomic E-state index is 10.2. The van der Waals surface area contributed by atoms with Gasteiger partial charge in [-0.3, -0.25) is 10.1 Å². The van der Waals surface area contributed by atoms with Gasteiger partial charge in [0.1, 0.15) is 0 Å². The van der Waals surface area contributed by atoms with E-state index in [0.29, 0.717) is 0 Å². The summed E-state index contributed by atoms with van der Waals surface area (Å²) in [6.07, 6.45) is 0. The lowest BCUT2D eigenvalue weighted by Gasteiger charge is -1.99. The van der Waals surface area contributed by atoms with E-state index < -0.39 is 23.5 Å². The molecule has 0 unspecified atom stereocenters. The van der Waals surface area contributed by atoms with Crippen LogP contribution in [0.3, 0.4) is 0 Å². The van der Waals surface area contributed by atoms with Crippen molar-refractivity contribution in [1.82, 2.24) is 0 Å². The number of hydrogen-bond donors (Lipinski definition) is 3. The van der Waals surface area contributed by atoms with Crippen molar-refractivity contribution in [2.45, 2.75) is 0 Å². The van der Waals surface area contributed by atoms with Crippen LogP contribution in [0.1, 0.15) is 0 Å². The van der Waals surface area contributed by atoms with Gasteiger partial charge in [0.15, 0.2) is 5.75 Å². The van der Waals surface area contributed by atoms with Crippen molar-refractivity contribution in [2.24, 2.45) is 0 Å². The SMILES string of the molecule is O=[N+]([O-])c1ccc(B(O)O)cc1O. The number of nitrogens with zero attached hydrogens (tertiary/aromatic N) is 1. The predicted octanol–water partition coefficient (Wildman–Crippen LogP) is -1.02. The van der Waals surface area contributed by atoms with Gasteiger partial charge >= 0.3 is 12.8 Å². The standard InChI is InChI=1S/C6H6BNO5/c9-6-3-4(7(10)11)1-2-5(6)8(12)13/h1-3,9-11H. The Kier molecular flexibility index (Phi) is 2.50. The van der Waals surface area contributed by atoms with Crippen LogP contribution in [0.15, 0.2) is 18.2 Å². The summed E-state index contributed by atoms with van der Waals surface area (Å²) in [5.41, 5.74) is -0.465. The van der Waals surface area contributed by atoms with Crippen LogP contribution in [-0.2, 0) is 0 Å². The molecule has 3 N–H and O–H groups in total. The fourth-order valence-electron chi connectivity index (χ4n) is 0.855. The highest BCUT2D eigenvalue weighted by Crippen LogP contribution is 2.22. The molecule has 0 saturated carbocycles. The molecule has 0 aliphatic rings. The molecule has 0 fully saturated rings. The third-order valence-corrected chi connectivity index (χ3v) is 1.49. The van der Waals surface area contributed by atoms with E-state index in [4.69, 9.17) is 15.2 Å². The molecule has 1 aromatic rings. The van der Waals surface area contributed by atoms with E-state index in [9.17, 15) is 10.1 Å². The molecule has 0 atom stereocenters. The Bertz CT molecular complexity index is 340. The lowest BCUT2D eigenvalue weighted by Crippen LogP contribution is -2.29. The minimum atomic E-state index is -1.74. The first-order valence-corrected chi connectivity index (χ1v) is 3.36. The number of benzene rings is 1. The molecule has 0 aliphatic heterocycles. The lowest BCUT2D eigenvalue weighted by molar-refractivity contribution is -0.385. The molecule has 0 amide bonds. The first-order valence-electron chi connectivity index (χ1n) is 3.36. The van der Waals surface area contributed by atoms with Crippen molar-refractivity contribution in [2.75, 3.05) is 0 Å². The van der Waals surface area contributed by atoms with Gasteiger partial charge in [0, 0.05) is 6.07 Å². The van der Waals surface area contributed by atoms with Crippen molar-refractivity contribution in [3.8, 4) is 5.75 Å².